The predicted octanol–water partition coefficient (Wildman–Crippen LogP) is 5.57. The van der Waals surface area contributed by atoms with Crippen molar-refractivity contribution >= 4 is 56.3 Å². The maximum atomic E-state index is 13.2. The summed E-state index contributed by atoms with van der Waals surface area (Å²) in [4.78, 5) is 19.2. The van der Waals surface area contributed by atoms with Gasteiger partial charge < -0.3 is 9.80 Å². The summed E-state index contributed by atoms with van der Waals surface area (Å²) in [7, 11) is 1.91. The molecule has 4 aromatic rings. The number of carbonyl (C=O) groups is 1. The smallest absolute Gasteiger partial charge is 0.264 e. The quantitative estimate of drug-likeness (QED) is 0.392. The summed E-state index contributed by atoms with van der Waals surface area (Å²) in [5.74, 6) is 0.0778. The molecular formula is C23H20Cl2N4OS. The molecule has 0 radical (unpaired) electrons. The molecule has 2 aromatic heterocycles. The first-order chi connectivity index (χ1) is 15.0. The van der Waals surface area contributed by atoms with Gasteiger partial charge in [0.2, 0.25) is 0 Å². The molecule has 3 heterocycles. The molecule has 0 spiro atoms. The molecule has 0 atom stereocenters. The van der Waals surface area contributed by atoms with E-state index in [1.807, 2.05) is 65.2 Å². The van der Waals surface area contributed by atoms with Gasteiger partial charge in [-0.15, -0.1) is 11.3 Å². The summed E-state index contributed by atoms with van der Waals surface area (Å²) < 4.78 is 1.85. The van der Waals surface area contributed by atoms with Gasteiger partial charge in [0.15, 0.2) is 0 Å². The molecule has 158 valence electrons. The van der Waals surface area contributed by atoms with Crippen LogP contribution in [0, 0.1) is 0 Å². The zero-order valence-corrected chi connectivity index (χ0v) is 19.2. The predicted molar refractivity (Wildman–Crippen MR) is 129 cm³/mol. The van der Waals surface area contributed by atoms with Crippen molar-refractivity contribution in [1.29, 1.82) is 0 Å². The number of fused-ring (bicyclic) bond motifs is 1. The van der Waals surface area contributed by atoms with Crippen molar-refractivity contribution in [2.45, 2.75) is 0 Å². The Hall–Kier alpha value is -2.54. The lowest BCUT2D eigenvalue weighted by molar-refractivity contribution is 0.0751. The van der Waals surface area contributed by atoms with Crippen LogP contribution in [0.15, 0.2) is 54.6 Å². The van der Waals surface area contributed by atoms with E-state index in [0.29, 0.717) is 18.1 Å². The highest BCUT2D eigenvalue weighted by Gasteiger charge is 2.25. The lowest BCUT2D eigenvalue weighted by atomic mass is 10.1. The van der Waals surface area contributed by atoms with Crippen molar-refractivity contribution < 1.29 is 4.79 Å². The number of thiophene rings is 1. The van der Waals surface area contributed by atoms with Crippen molar-refractivity contribution in [3.8, 4) is 11.3 Å². The van der Waals surface area contributed by atoms with Gasteiger partial charge in [0.1, 0.15) is 10.5 Å². The Morgan fingerprint density at radius 1 is 0.968 bits per heavy atom. The third-order valence-corrected chi connectivity index (χ3v) is 7.26. The van der Waals surface area contributed by atoms with Gasteiger partial charge in [-0.1, -0.05) is 41.4 Å². The van der Waals surface area contributed by atoms with Gasteiger partial charge in [0.05, 0.1) is 4.88 Å². The van der Waals surface area contributed by atoms with E-state index in [9.17, 15) is 4.79 Å². The van der Waals surface area contributed by atoms with Crippen LogP contribution in [0.3, 0.4) is 0 Å². The third-order valence-electron chi connectivity index (χ3n) is 5.58. The average molecular weight is 471 g/mol. The van der Waals surface area contributed by atoms with Crippen molar-refractivity contribution in [3.63, 3.8) is 0 Å². The lowest BCUT2D eigenvalue weighted by Gasteiger charge is -2.36. The maximum absolute atomic E-state index is 13.2. The molecule has 0 saturated carbocycles. The second-order valence-corrected chi connectivity index (χ2v) is 9.47. The zero-order valence-electron chi connectivity index (χ0n) is 16.9. The monoisotopic (exact) mass is 470 g/mol. The molecule has 0 aliphatic carbocycles. The van der Waals surface area contributed by atoms with E-state index in [2.05, 4.69) is 16.1 Å². The first-order valence-electron chi connectivity index (χ1n) is 10.0. The Labute approximate surface area is 194 Å². The Morgan fingerprint density at radius 2 is 1.71 bits per heavy atom. The van der Waals surface area contributed by atoms with E-state index >= 15 is 0 Å². The van der Waals surface area contributed by atoms with E-state index in [4.69, 9.17) is 23.2 Å². The van der Waals surface area contributed by atoms with Crippen LogP contribution in [0.2, 0.25) is 10.0 Å². The number of rotatable bonds is 3. The number of aromatic nitrogens is 2. The molecule has 2 aromatic carbocycles. The minimum Gasteiger partial charge on any atom is -0.368 e. The van der Waals surface area contributed by atoms with E-state index in [1.54, 1.807) is 0 Å². The highest BCUT2D eigenvalue weighted by Crippen LogP contribution is 2.34. The number of nitrogens with zero attached hydrogens (tertiary/aromatic N) is 4. The number of benzene rings is 2. The second-order valence-electron chi connectivity index (χ2n) is 7.57. The van der Waals surface area contributed by atoms with Crippen LogP contribution in [0.25, 0.3) is 21.5 Å². The molecule has 1 saturated heterocycles. The van der Waals surface area contributed by atoms with E-state index in [0.717, 1.165) is 50.2 Å². The molecule has 0 N–H and O–H groups in total. The molecule has 1 fully saturated rings. The molecule has 0 bridgehead atoms. The minimum atomic E-state index is 0.0778. The topological polar surface area (TPSA) is 41.4 Å². The Kier molecular flexibility index (Phi) is 5.38. The fourth-order valence-electron chi connectivity index (χ4n) is 3.96. The summed E-state index contributed by atoms with van der Waals surface area (Å²) in [6.07, 6.45) is 0. The van der Waals surface area contributed by atoms with Crippen LogP contribution in [-0.2, 0) is 7.05 Å². The largest absolute Gasteiger partial charge is 0.368 e. The Morgan fingerprint density at radius 3 is 2.42 bits per heavy atom. The number of hydrogen-bond donors (Lipinski definition) is 0. The van der Waals surface area contributed by atoms with Gasteiger partial charge in [-0.25, -0.2) is 0 Å². The Balaban J connectivity index is 1.36. The average Bonchev–Trinajstić information content (AvgIpc) is 3.35. The van der Waals surface area contributed by atoms with Gasteiger partial charge in [-0.2, -0.15) is 5.10 Å². The fourth-order valence-corrected chi connectivity index (χ4v) is 5.31. The maximum Gasteiger partial charge on any atom is 0.264 e. The highest BCUT2D eigenvalue weighted by molar-refractivity contribution is 7.20. The third kappa shape index (κ3) is 3.91. The van der Waals surface area contributed by atoms with Crippen molar-refractivity contribution in [2.24, 2.45) is 7.05 Å². The van der Waals surface area contributed by atoms with Gasteiger partial charge in [0.25, 0.3) is 5.91 Å². The van der Waals surface area contributed by atoms with Crippen LogP contribution in [0.4, 0.5) is 5.69 Å². The summed E-state index contributed by atoms with van der Waals surface area (Å²) in [5, 5.41) is 7.07. The van der Waals surface area contributed by atoms with Crippen molar-refractivity contribution in [3.05, 3.63) is 69.5 Å². The van der Waals surface area contributed by atoms with Gasteiger partial charge in [0, 0.05) is 59.9 Å². The number of aryl methyl sites for hydroxylation is 1. The number of carbonyl (C=O) groups excluding carboxylic acids is 1. The van der Waals surface area contributed by atoms with E-state index in [1.165, 1.54) is 11.3 Å². The molecular weight excluding hydrogens is 451 g/mol. The number of amides is 1. The van der Waals surface area contributed by atoms with Gasteiger partial charge in [-0.05, 0) is 36.4 Å². The molecule has 8 heteroatoms. The zero-order chi connectivity index (χ0) is 21.5. The van der Waals surface area contributed by atoms with Crippen LogP contribution in [0.5, 0.6) is 0 Å². The van der Waals surface area contributed by atoms with E-state index < -0.39 is 0 Å². The SMILES string of the molecule is Cn1nc(-c2ccc(Cl)cc2)c2cc(C(=O)N3CCN(c4cccc(Cl)c4)CC3)sc21. The summed E-state index contributed by atoms with van der Waals surface area (Å²) >= 11 is 13.6. The van der Waals surface area contributed by atoms with Crippen molar-refractivity contribution in [1.82, 2.24) is 14.7 Å². The van der Waals surface area contributed by atoms with Crippen LogP contribution in [-0.4, -0.2) is 46.8 Å². The normalized spacial score (nSPS) is 14.4. The number of piperazine rings is 1. The van der Waals surface area contributed by atoms with Crippen molar-refractivity contribution in [2.75, 3.05) is 31.1 Å². The highest BCUT2D eigenvalue weighted by atomic mass is 35.5. The van der Waals surface area contributed by atoms with Crippen LogP contribution < -0.4 is 4.90 Å². The summed E-state index contributed by atoms with van der Waals surface area (Å²) in [6, 6.07) is 17.5. The van der Waals surface area contributed by atoms with E-state index in [-0.39, 0.29) is 5.91 Å². The van der Waals surface area contributed by atoms with Crippen LogP contribution in [0.1, 0.15) is 9.67 Å². The molecule has 1 amide bonds. The van der Waals surface area contributed by atoms with Gasteiger partial charge in [-0.3, -0.25) is 9.48 Å². The number of hydrogen-bond acceptors (Lipinski definition) is 4. The first-order valence-corrected chi connectivity index (χ1v) is 11.6. The molecule has 31 heavy (non-hydrogen) atoms. The molecule has 1 aliphatic rings. The molecule has 0 unspecified atom stereocenters. The Bertz CT molecular complexity index is 1260. The molecule has 1 aliphatic heterocycles. The first kappa shape index (κ1) is 20.4. The minimum absolute atomic E-state index is 0.0778. The lowest BCUT2D eigenvalue weighted by Crippen LogP contribution is -2.48. The van der Waals surface area contributed by atoms with Gasteiger partial charge >= 0.3 is 0 Å². The molecule has 5 rings (SSSR count). The summed E-state index contributed by atoms with van der Waals surface area (Å²) in [5.41, 5.74) is 2.96. The summed E-state index contributed by atoms with van der Waals surface area (Å²) in [6.45, 7) is 2.94. The standard InChI is InChI=1S/C23H20Cl2N4OS/c1-27-23-19(21(26-27)15-5-7-16(24)8-6-15)14-20(31-23)22(30)29-11-9-28(10-12-29)18-4-2-3-17(25)13-18/h2-8,13-14H,9-12H2,1H3. The fraction of sp³-hybridized carbons (Fsp3) is 0.217. The second kappa shape index (κ2) is 8.19. The van der Waals surface area contributed by atoms with Crippen LogP contribution >= 0.6 is 34.5 Å². The number of halogens is 2. The number of anilines is 1. The molecule has 5 nitrogen and oxygen atoms in total.